The molecule has 0 saturated carbocycles. The molecule has 0 aromatic carbocycles. The lowest BCUT2D eigenvalue weighted by Gasteiger charge is -2.01. The Morgan fingerprint density at radius 2 is 1.45 bits per heavy atom. The van der Waals surface area contributed by atoms with Crippen LogP contribution in [0.25, 0.3) is 0 Å². The van der Waals surface area contributed by atoms with Crippen LogP contribution >= 0.6 is 0 Å². The molecule has 0 aliphatic heterocycles. The lowest BCUT2D eigenvalue weighted by molar-refractivity contribution is 0.175. The van der Waals surface area contributed by atoms with Crippen LogP contribution in [-0.4, -0.2) is 34.0 Å². The number of rotatable bonds is 2. The van der Waals surface area contributed by atoms with E-state index >= 15 is 0 Å². The van der Waals surface area contributed by atoms with Crippen LogP contribution < -0.4 is 10.5 Å². The first-order valence-electron chi connectivity index (χ1n) is 2.84. The Hall–Kier alpha value is -1.40. The molecule has 0 aromatic heterocycles. The molecule has 2 amide bonds. The monoisotopic (exact) mass is 160 g/mol. The fourth-order valence-corrected chi connectivity index (χ4v) is 0.333. The minimum Gasteiger partial charge on any atom is -0.454 e. The Bertz CT molecular complexity index is 135. The first kappa shape index (κ1) is 9.60. The molecule has 0 aliphatic rings. The molecule has 7 heteroatoms. The van der Waals surface area contributed by atoms with Gasteiger partial charge in [-0.25, -0.2) is 9.59 Å². The highest BCUT2D eigenvalue weighted by Crippen LogP contribution is 1.68. The Balaban J connectivity index is 3.27. The first-order valence-corrected chi connectivity index (χ1v) is 2.84. The van der Waals surface area contributed by atoms with Crippen molar-refractivity contribution in [2.45, 2.75) is 0 Å². The van der Waals surface area contributed by atoms with Crippen LogP contribution in [0.1, 0.15) is 0 Å². The normalized spacial score (nSPS) is 7.82. The van der Waals surface area contributed by atoms with E-state index in [1.807, 2.05) is 0 Å². The van der Waals surface area contributed by atoms with Crippen LogP contribution in [0.4, 0.5) is 9.59 Å². The molecule has 0 aromatic rings. The van der Waals surface area contributed by atoms with Crippen LogP contribution in [0.5, 0.6) is 0 Å². The van der Waals surface area contributed by atoms with Gasteiger partial charge < -0.3 is 19.9 Å². The number of hydrogen-bond acceptors (Lipinski definition) is 4. The van der Waals surface area contributed by atoms with E-state index < -0.39 is 12.2 Å². The van der Waals surface area contributed by atoms with Gasteiger partial charge in [-0.1, -0.05) is 0 Å². The predicted molar refractivity (Wildman–Crippen MR) is 38.2 cm³/mol. The molecule has 0 rings (SSSR count). The topological polar surface area (TPSA) is 76.7 Å². The Kier molecular flexibility index (Phi) is 4.71. The molecule has 0 atom stereocenters. The average Bonchev–Trinajstić information content (AvgIpc) is 2.04. The molecule has 0 bridgehead atoms. The zero-order chi connectivity index (χ0) is 8.69. The number of amides is 2. The van der Waals surface area contributed by atoms with Gasteiger partial charge in [0.05, 0.1) is 14.2 Å². The molecular weight excluding hydrogens is 151 g/mol. The molecule has 0 heterocycles. The summed E-state index contributed by atoms with van der Waals surface area (Å²) in [6, 6.07) is 0. The minimum absolute atomic E-state index is 0.0145. The Morgan fingerprint density at radius 1 is 1.09 bits per heavy atom. The van der Waals surface area contributed by atoms with Gasteiger partial charge in [0.1, 0.15) is 0 Å². The summed E-state index contributed by atoms with van der Waals surface area (Å²) in [5.74, 6) is 0. The van der Waals surface area contributed by atoms with Crippen LogP contribution in [0.3, 0.4) is 0 Å². The zero-order valence-electron chi connectivity index (χ0n) is 6.34. The maximum Gasteiger partial charge on any atom is 0.395 e. The van der Waals surface area contributed by atoms with Crippen molar-refractivity contribution in [1.29, 1.82) is 0 Å². The van der Waals surface area contributed by atoms with E-state index in [4.69, 9.17) is 0 Å². The van der Waals surface area contributed by atoms with Crippen LogP contribution in [0, 0.1) is 0 Å². The molecule has 2 N–H and O–H groups in total. The third-order valence-electron chi connectivity index (χ3n) is 0.836. The Labute approximate surface area is 64.5 Å². The third-order valence-corrected chi connectivity index (χ3v) is 0.836. The standard InChI is InChI=1S/C4H9BN2O4/c1-10-3(8)6-5-7-4(9)11-2/h5H,1-2H3,(H,6,8)(H,7,9). The summed E-state index contributed by atoms with van der Waals surface area (Å²) < 4.78 is 8.45. The van der Waals surface area contributed by atoms with E-state index in [9.17, 15) is 9.59 Å². The summed E-state index contributed by atoms with van der Waals surface area (Å²) in [5, 5.41) is 4.45. The molecule has 0 radical (unpaired) electrons. The second-order valence-electron chi connectivity index (χ2n) is 1.51. The highest BCUT2D eigenvalue weighted by atomic mass is 16.5. The summed E-state index contributed by atoms with van der Waals surface area (Å²) in [4.78, 5) is 20.7. The lowest BCUT2D eigenvalue weighted by Crippen LogP contribution is -2.40. The number of nitrogens with one attached hydrogen (secondary N) is 2. The number of carbonyl (C=O) groups excluding carboxylic acids is 2. The SMILES string of the molecule is COC(=O)NBNC(=O)OC. The number of ether oxygens (including phenoxy) is 2. The summed E-state index contributed by atoms with van der Waals surface area (Å²) >= 11 is 0. The van der Waals surface area contributed by atoms with Crippen molar-refractivity contribution in [3.05, 3.63) is 0 Å². The molecule has 6 nitrogen and oxygen atoms in total. The average molecular weight is 160 g/mol. The summed E-state index contributed by atoms with van der Waals surface area (Å²) in [6.07, 6.45) is -1.22. The van der Waals surface area contributed by atoms with Gasteiger partial charge in [-0.15, -0.1) is 0 Å². The maximum absolute atomic E-state index is 10.4. The quantitative estimate of drug-likeness (QED) is 0.506. The predicted octanol–water partition coefficient (Wildman–Crippen LogP) is -1.04. The van der Waals surface area contributed by atoms with Crippen molar-refractivity contribution in [2.24, 2.45) is 0 Å². The second kappa shape index (κ2) is 5.39. The van der Waals surface area contributed by atoms with E-state index in [1.165, 1.54) is 14.2 Å². The van der Waals surface area contributed by atoms with E-state index in [0.717, 1.165) is 0 Å². The maximum atomic E-state index is 10.4. The van der Waals surface area contributed by atoms with Crippen molar-refractivity contribution in [3.63, 3.8) is 0 Å². The molecule has 0 spiro atoms. The van der Waals surface area contributed by atoms with Gasteiger partial charge in [0, 0.05) is 0 Å². The number of carbonyl (C=O) groups is 2. The van der Waals surface area contributed by atoms with Gasteiger partial charge in [-0.3, -0.25) is 0 Å². The van der Waals surface area contributed by atoms with E-state index in [0.29, 0.717) is 0 Å². The summed E-state index contributed by atoms with van der Waals surface area (Å²) in [5.41, 5.74) is 0. The minimum atomic E-state index is -0.610. The molecule has 0 fully saturated rings. The van der Waals surface area contributed by atoms with Crippen LogP contribution in [-0.2, 0) is 9.47 Å². The van der Waals surface area contributed by atoms with Crippen molar-refractivity contribution >= 4 is 19.7 Å². The first-order chi connectivity index (χ1) is 5.20. The van der Waals surface area contributed by atoms with Crippen LogP contribution in [0.2, 0.25) is 0 Å². The second-order valence-corrected chi connectivity index (χ2v) is 1.51. The van der Waals surface area contributed by atoms with E-state index in [2.05, 4.69) is 19.9 Å². The van der Waals surface area contributed by atoms with Gasteiger partial charge in [0.15, 0.2) is 0 Å². The Morgan fingerprint density at radius 3 is 1.73 bits per heavy atom. The molecule has 11 heavy (non-hydrogen) atoms. The molecule has 0 unspecified atom stereocenters. The number of methoxy groups -OCH3 is 2. The highest BCUT2D eigenvalue weighted by Gasteiger charge is 2.01. The van der Waals surface area contributed by atoms with E-state index in [-0.39, 0.29) is 7.55 Å². The van der Waals surface area contributed by atoms with E-state index in [1.54, 1.807) is 0 Å². The van der Waals surface area contributed by atoms with Crippen molar-refractivity contribution in [1.82, 2.24) is 10.5 Å². The van der Waals surface area contributed by atoms with Crippen molar-refractivity contribution in [2.75, 3.05) is 14.2 Å². The molecule has 62 valence electrons. The molecule has 0 aliphatic carbocycles. The van der Waals surface area contributed by atoms with Gasteiger partial charge >= 0.3 is 19.7 Å². The number of hydrogen-bond donors (Lipinski definition) is 2. The lowest BCUT2D eigenvalue weighted by atomic mass is 10.2. The molecular formula is C4H9BN2O4. The fourth-order valence-electron chi connectivity index (χ4n) is 0.333. The molecule has 0 saturated heterocycles. The van der Waals surface area contributed by atoms with Crippen molar-refractivity contribution in [3.8, 4) is 0 Å². The zero-order valence-corrected chi connectivity index (χ0v) is 6.34. The third kappa shape index (κ3) is 5.07. The largest absolute Gasteiger partial charge is 0.454 e. The van der Waals surface area contributed by atoms with Crippen LogP contribution in [0.15, 0.2) is 0 Å². The summed E-state index contributed by atoms with van der Waals surface area (Å²) in [6.45, 7) is 0. The smallest absolute Gasteiger partial charge is 0.395 e. The fraction of sp³-hybridized carbons (Fsp3) is 0.500. The summed E-state index contributed by atoms with van der Waals surface area (Å²) in [7, 11) is 2.44. The van der Waals surface area contributed by atoms with Crippen molar-refractivity contribution < 1.29 is 19.1 Å². The van der Waals surface area contributed by atoms with Gasteiger partial charge in [-0.2, -0.15) is 0 Å². The van der Waals surface area contributed by atoms with Gasteiger partial charge in [-0.05, 0) is 0 Å². The van der Waals surface area contributed by atoms with Gasteiger partial charge in [0.25, 0.3) is 0 Å². The highest BCUT2D eigenvalue weighted by molar-refractivity contribution is 6.37. The van der Waals surface area contributed by atoms with Gasteiger partial charge in [0.2, 0.25) is 0 Å².